The zero-order chi connectivity index (χ0) is 20.6. The molecule has 1 aliphatic rings. The summed E-state index contributed by atoms with van der Waals surface area (Å²) in [5, 5.41) is 2.97. The standard InChI is InChI=1S/C16H26N2O9/c1-8(19)23-7-12-14(24-9(2)20)15(25-10(3)21)13(18-6-5-17)16(27-12)26-11(4)22/h12-16,18H,5-7,17H2,1-4H3/t12?,13?,14-,15-,16+/m0/s1. The molecule has 0 amide bonds. The molecule has 0 bridgehead atoms. The molecule has 1 fully saturated rings. The number of hydrogen-bond donors (Lipinski definition) is 2. The highest BCUT2D eigenvalue weighted by atomic mass is 16.7. The predicted octanol–water partition coefficient (Wildman–Crippen LogP) is -1.38. The average Bonchev–Trinajstić information content (AvgIpc) is 2.53. The fourth-order valence-corrected chi connectivity index (χ4v) is 2.63. The lowest BCUT2D eigenvalue weighted by atomic mass is 9.96. The molecule has 2 unspecified atom stereocenters. The molecule has 1 aliphatic heterocycles. The minimum absolute atomic E-state index is 0.241. The lowest BCUT2D eigenvalue weighted by Crippen LogP contribution is -2.66. The van der Waals surface area contributed by atoms with Gasteiger partial charge in [0.15, 0.2) is 12.2 Å². The number of nitrogens with two attached hydrogens (primary N) is 1. The number of esters is 4. The van der Waals surface area contributed by atoms with Gasteiger partial charge in [0, 0.05) is 40.8 Å². The van der Waals surface area contributed by atoms with Gasteiger partial charge in [-0.05, 0) is 0 Å². The molecule has 1 rings (SSSR count). The molecule has 11 nitrogen and oxygen atoms in total. The molecule has 1 saturated heterocycles. The third-order valence-corrected chi connectivity index (χ3v) is 3.51. The SMILES string of the molecule is CC(=O)OCC1O[C@@H](OC(C)=O)C(NCCN)[C@H](OC(C)=O)[C@H]1OC(C)=O. The molecule has 0 aromatic rings. The molecule has 0 saturated carbocycles. The van der Waals surface area contributed by atoms with Crippen molar-refractivity contribution in [2.75, 3.05) is 19.7 Å². The summed E-state index contributed by atoms with van der Waals surface area (Å²) >= 11 is 0. The van der Waals surface area contributed by atoms with Crippen LogP contribution in [0.3, 0.4) is 0 Å². The first-order valence-electron chi connectivity index (χ1n) is 8.39. The van der Waals surface area contributed by atoms with E-state index in [2.05, 4.69) is 5.32 Å². The highest BCUT2D eigenvalue weighted by Gasteiger charge is 2.51. The van der Waals surface area contributed by atoms with Gasteiger partial charge in [-0.1, -0.05) is 0 Å². The number of nitrogens with one attached hydrogen (secondary N) is 1. The first-order valence-corrected chi connectivity index (χ1v) is 8.39. The molecule has 154 valence electrons. The van der Waals surface area contributed by atoms with Crippen molar-refractivity contribution in [1.29, 1.82) is 0 Å². The smallest absolute Gasteiger partial charge is 0.304 e. The lowest BCUT2D eigenvalue weighted by Gasteiger charge is -2.44. The Bertz CT molecular complexity index is 554. The lowest BCUT2D eigenvalue weighted by molar-refractivity contribution is -0.271. The van der Waals surface area contributed by atoms with Crippen LogP contribution in [-0.2, 0) is 42.9 Å². The van der Waals surface area contributed by atoms with E-state index in [1.165, 1.54) is 27.7 Å². The molecular formula is C16H26N2O9. The maximum absolute atomic E-state index is 11.6. The second-order valence-corrected chi connectivity index (χ2v) is 5.87. The monoisotopic (exact) mass is 390 g/mol. The van der Waals surface area contributed by atoms with Crippen LogP contribution in [0.4, 0.5) is 0 Å². The minimum atomic E-state index is -1.19. The molecular weight excluding hydrogens is 364 g/mol. The fourth-order valence-electron chi connectivity index (χ4n) is 2.63. The topological polar surface area (TPSA) is 152 Å². The maximum atomic E-state index is 11.6. The van der Waals surface area contributed by atoms with E-state index in [4.69, 9.17) is 29.4 Å². The molecule has 3 N–H and O–H groups in total. The van der Waals surface area contributed by atoms with Gasteiger partial charge in [0.1, 0.15) is 18.8 Å². The van der Waals surface area contributed by atoms with Gasteiger partial charge in [-0.15, -0.1) is 0 Å². The quantitative estimate of drug-likeness (QED) is 0.372. The molecule has 0 aromatic carbocycles. The van der Waals surface area contributed by atoms with Gasteiger partial charge < -0.3 is 34.7 Å². The van der Waals surface area contributed by atoms with Gasteiger partial charge in [0.25, 0.3) is 0 Å². The van der Waals surface area contributed by atoms with Crippen molar-refractivity contribution < 1.29 is 42.9 Å². The van der Waals surface area contributed by atoms with Crippen molar-refractivity contribution in [3.05, 3.63) is 0 Å². The van der Waals surface area contributed by atoms with Crippen LogP contribution in [0.2, 0.25) is 0 Å². The third-order valence-electron chi connectivity index (χ3n) is 3.51. The average molecular weight is 390 g/mol. The Kier molecular flexibility index (Phi) is 9.12. The van der Waals surface area contributed by atoms with Crippen LogP contribution in [0.1, 0.15) is 27.7 Å². The molecule has 0 aliphatic carbocycles. The third kappa shape index (κ3) is 7.49. The van der Waals surface area contributed by atoms with Crippen molar-refractivity contribution in [1.82, 2.24) is 5.32 Å². The second-order valence-electron chi connectivity index (χ2n) is 5.87. The zero-order valence-electron chi connectivity index (χ0n) is 15.8. The van der Waals surface area contributed by atoms with E-state index in [1.807, 2.05) is 0 Å². The summed E-state index contributed by atoms with van der Waals surface area (Å²) in [5.74, 6) is -2.53. The number of hydrogen-bond acceptors (Lipinski definition) is 11. The van der Waals surface area contributed by atoms with Gasteiger partial charge in [0.05, 0.1) is 0 Å². The Morgan fingerprint density at radius 3 is 1.93 bits per heavy atom. The summed E-state index contributed by atoms with van der Waals surface area (Å²) in [6.45, 7) is 4.96. The van der Waals surface area contributed by atoms with Crippen LogP contribution >= 0.6 is 0 Å². The van der Waals surface area contributed by atoms with Crippen molar-refractivity contribution in [3.63, 3.8) is 0 Å². The van der Waals surface area contributed by atoms with Crippen LogP contribution in [-0.4, -0.2) is 74.2 Å². The van der Waals surface area contributed by atoms with E-state index in [1.54, 1.807) is 0 Å². The number of rotatable bonds is 8. The normalized spacial score (nSPS) is 27.4. The molecule has 1 heterocycles. The molecule has 5 atom stereocenters. The van der Waals surface area contributed by atoms with E-state index in [9.17, 15) is 19.2 Å². The molecule has 0 radical (unpaired) electrons. The number of ether oxygens (including phenoxy) is 5. The number of carbonyl (C=O) groups excluding carboxylic acids is 4. The summed E-state index contributed by atoms with van der Waals surface area (Å²) in [4.78, 5) is 45.8. The van der Waals surface area contributed by atoms with E-state index >= 15 is 0 Å². The van der Waals surface area contributed by atoms with Gasteiger partial charge in [-0.3, -0.25) is 19.2 Å². The summed E-state index contributed by atoms with van der Waals surface area (Å²) < 4.78 is 26.4. The summed E-state index contributed by atoms with van der Waals surface area (Å²) in [5.41, 5.74) is 5.50. The van der Waals surface area contributed by atoms with Crippen molar-refractivity contribution in [3.8, 4) is 0 Å². The highest BCUT2D eigenvalue weighted by molar-refractivity contribution is 5.68. The Labute approximate surface area is 156 Å². The first kappa shape index (κ1) is 22.8. The van der Waals surface area contributed by atoms with E-state index < -0.39 is 54.5 Å². The van der Waals surface area contributed by atoms with Gasteiger partial charge in [-0.25, -0.2) is 0 Å². The number of carbonyl (C=O) groups is 4. The van der Waals surface area contributed by atoms with Crippen molar-refractivity contribution in [2.24, 2.45) is 5.73 Å². The molecule has 0 aromatic heterocycles. The van der Waals surface area contributed by atoms with E-state index in [0.29, 0.717) is 0 Å². The van der Waals surface area contributed by atoms with Crippen LogP contribution in [0.15, 0.2) is 0 Å². The van der Waals surface area contributed by atoms with Gasteiger partial charge in [0.2, 0.25) is 6.29 Å². The van der Waals surface area contributed by atoms with Crippen molar-refractivity contribution in [2.45, 2.75) is 58.3 Å². The van der Waals surface area contributed by atoms with Crippen LogP contribution in [0.25, 0.3) is 0 Å². The molecule has 27 heavy (non-hydrogen) atoms. The molecule has 11 heteroatoms. The van der Waals surface area contributed by atoms with Gasteiger partial charge >= 0.3 is 23.9 Å². The summed E-state index contributed by atoms with van der Waals surface area (Å²) in [6, 6.07) is -0.862. The minimum Gasteiger partial charge on any atom is -0.463 e. The van der Waals surface area contributed by atoms with Crippen LogP contribution < -0.4 is 11.1 Å². The summed E-state index contributed by atoms with van der Waals surface area (Å²) in [7, 11) is 0. The first-order chi connectivity index (χ1) is 12.6. The second kappa shape index (κ2) is 10.8. The van der Waals surface area contributed by atoms with E-state index in [-0.39, 0.29) is 19.7 Å². The van der Waals surface area contributed by atoms with Crippen LogP contribution in [0, 0.1) is 0 Å². The Morgan fingerprint density at radius 2 is 1.44 bits per heavy atom. The zero-order valence-corrected chi connectivity index (χ0v) is 15.8. The largest absolute Gasteiger partial charge is 0.463 e. The molecule has 0 spiro atoms. The van der Waals surface area contributed by atoms with Gasteiger partial charge in [-0.2, -0.15) is 0 Å². The van der Waals surface area contributed by atoms with Crippen molar-refractivity contribution >= 4 is 23.9 Å². The Morgan fingerprint density at radius 1 is 0.889 bits per heavy atom. The maximum Gasteiger partial charge on any atom is 0.304 e. The summed E-state index contributed by atoms with van der Waals surface area (Å²) in [6.07, 6.45) is -4.39. The fraction of sp³-hybridized carbons (Fsp3) is 0.750. The Hall–Kier alpha value is -2.24. The van der Waals surface area contributed by atoms with Crippen LogP contribution in [0.5, 0.6) is 0 Å². The Balaban J connectivity index is 3.22. The highest BCUT2D eigenvalue weighted by Crippen LogP contribution is 2.27. The van der Waals surface area contributed by atoms with E-state index in [0.717, 1.165) is 0 Å². The predicted molar refractivity (Wildman–Crippen MR) is 89.0 cm³/mol.